The normalized spacial score (nSPS) is 15.5. The van der Waals surface area contributed by atoms with Crippen LogP contribution in [0.25, 0.3) is 11.3 Å². The van der Waals surface area contributed by atoms with Crippen molar-refractivity contribution in [3.63, 3.8) is 0 Å². The molecule has 1 saturated heterocycles. The highest BCUT2D eigenvalue weighted by Gasteiger charge is 2.38. The van der Waals surface area contributed by atoms with Crippen LogP contribution in [0.15, 0.2) is 41.4 Å². The number of benzene rings is 1. The number of hydrogen-bond donors (Lipinski definition) is 2. The number of anilines is 2. The second kappa shape index (κ2) is 7.81. The molecule has 0 atom stereocenters. The van der Waals surface area contributed by atoms with Crippen LogP contribution >= 0.6 is 11.3 Å². The summed E-state index contributed by atoms with van der Waals surface area (Å²) in [7, 11) is 0. The van der Waals surface area contributed by atoms with Crippen LogP contribution in [0, 0.1) is 0 Å². The minimum Gasteiger partial charge on any atom is -0.419 e. The number of carbonyl (C=O) groups is 3. The summed E-state index contributed by atoms with van der Waals surface area (Å²) in [5.74, 6) is -2.88. The Hall–Kier alpha value is -3.20. The highest BCUT2D eigenvalue weighted by Crippen LogP contribution is 2.27. The van der Waals surface area contributed by atoms with Gasteiger partial charge >= 0.3 is 11.9 Å². The van der Waals surface area contributed by atoms with Crippen LogP contribution in [0.5, 0.6) is 0 Å². The van der Waals surface area contributed by atoms with Crippen LogP contribution in [0.2, 0.25) is 0 Å². The molecule has 146 valence electrons. The zero-order valence-corrected chi connectivity index (χ0v) is 16.4. The standard InChI is InChI=1S/C19H19N3O5S/c1-4-15(23)22-18-21-14(10-28-18)11-6-5-7-12(8-11)20-9-13-16(24)26-19(2,3)27-17(13)25/h5-10,20H,4H2,1-3H3,(H,21,22,23). The number of esters is 2. The Balaban J connectivity index is 1.75. The molecule has 28 heavy (non-hydrogen) atoms. The van der Waals surface area contributed by atoms with E-state index in [-0.39, 0.29) is 11.5 Å². The van der Waals surface area contributed by atoms with Gasteiger partial charge in [0.1, 0.15) is 0 Å². The fourth-order valence-electron chi connectivity index (χ4n) is 2.37. The Labute approximate surface area is 165 Å². The molecule has 1 aromatic carbocycles. The van der Waals surface area contributed by atoms with Crippen LogP contribution in [0.1, 0.15) is 27.2 Å². The van der Waals surface area contributed by atoms with Crippen molar-refractivity contribution in [2.45, 2.75) is 33.0 Å². The van der Waals surface area contributed by atoms with Gasteiger partial charge in [-0.1, -0.05) is 19.1 Å². The van der Waals surface area contributed by atoms with Gasteiger partial charge < -0.3 is 20.1 Å². The summed E-state index contributed by atoms with van der Waals surface area (Å²) in [6.45, 7) is 4.75. The van der Waals surface area contributed by atoms with Crippen molar-refractivity contribution in [3.05, 3.63) is 41.4 Å². The second-order valence-corrected chi connectivity index (χ2v) is 7.26. The summed E-state index contributed by atoms with van der Waals surface area (Å²) >= 11 is 1.33. The minimum atomic E-state index is -1.28. The third kappa shape index (κ3) is 4.55. The molecule has 1 amide bonds. The average Bonchev–Trinajstić information content (AvgIpc) is 3.08. The molecule has 0 unspecified atom stereocenters. The van der Waals surface area contributed by atoms with Crippen LogP contribution in [0.4, 0.5) is 10.8 Å². The SMILES string of the molecule is CCC(=O)Nc1nc(-c2cccc(NC=C3C(=O)OC(C)(C)OC3=O)c2)cs1. The van der Waals surface area contributed by atoms with Crippen molar-refractivity contribution in [2.75, 3.05) is 10.6 Å². The van der Waals surface area contributed by atoms with E-state index in [1.165, 1.54) is 31.4 Å². The summed E-state index contributed by atoms with van der Waals surface area (Å²) in [4.78, 5) is 39.8. The molecule has 3 rings (SSSR count). The smallest absolute Gasteiger partial charge is 0.350 e. The highest BCUT2D eigenvalue weighted by atomic mass is 32.1. The van der Waals surface area contributed by atoms with Crippen LogP contribution in [0.3, 0.4) is 0 Å². The van der Waals surface area contributed by atoms with E-state index in [9.17, 15) is 14.4 Å². The molecule has 1 aromatic heterocycles. The Kier molecular flexibility index (Phi) is 5.46. The maximum Gasteiger partial charge on any atom is 0.350 e. The molecule has 8 nitrogen and oxygen atoms in total. The first kappa shape index (κ1) is 19.6. The Morgan fingerprint density at radius 3 is 2.64 bits per heavy atom. The number of nitrogens with zero attached hydrogens (tertiary/aromatic N) is 1. The van der Waals surface area contributed by atoms with Crippen LogP contribution in [-0.4, -0.2) is 28.6 Å². The molecule has 1 aliphatic heterocycles. The minimum absolute atomic E-state index is 0.0997. The summed E-state index contributed by atoms with van der Waals surface area (Å²) in [5.41, 5.74) is 1.93. The molecule has 0 aliphatic carbocycles. The Morgan fingerprint density at radius 1 is 1.25 bits per heavy atom. The van der Waals surface area contributed by atoms with E-state index in [2.05, 4.69) is 15.6 Å². The summed E-state index contributed by atoms with van der Waals surface area (Å²) < 4.78 is 10.1. The van der Waals surface area contributed by atoms with Crippen molar-refractivity contribution in [2.24, 2.45) is 0 Å². The zero-order valence-electron chi connectivity index (χ0n) is 15.6. The number of hydrogen-bond acceptors (Lipinski definition) is 8. The third-order valence-corrected chi connectivity index (χ3v) is 4.49. The topological polar surface area (TPSA) is 107 Å². The van der Waals surface area contributed by atoms with E-state index in [1.54, 1.807) is 25.1 Å². The molecule has 2 heterocycles. The van der Waals surface area contributed by atoms with Crippen molar-refractivity contribution in [1.29, 1.82) is 0 Å². The van der Waals surface area contributed by atoms with Gasteiger partial charge in [0.05, 0.1) is 5.69 Å². The van der Waals surface area contributed by atoms with Gasteiger partial charge in [0, 0.05) is 43.1 Å². The number of carbonyl (C=O) groups excluding carboxylic acids is 3. The first-order chi connectivity index (χ1) is 13.3. The average molecular weight is 401 g/mol. The summed E-state index contributed by atoms with van der Waals surface area (Å²) in [6, 6.07) is 7.25. The molecular formula is C19H19N3O5S. The van der Waals surface area contributed by atoms with E-state index in [4.69, 9.17) is 9.47 Å². The maximum absolute atomic E-state index is 12.0. The predicted molar refractivity (Wildman–Crippen MR) is 104 cm³/mol. The quantitative estimate of drug-likeness (QED) is 0.450. The van der Waals surface area contributed by atoms with Gasteiger partial charge in [0.2, 0.25) is 5.91 Å². The fraction of sp³-hybridized carbons (Fsp3) is 0.263. The van der Waals surface area contributed by atoms with Crippen molar-refractivity contribution >= 4 is 40.0 Å². The van der Waals surface area contributed by atoms with Gasteiger partial charge in [-0.2, -0.15) is 0 Å². The molecular weight excluding hydrogens is 382 g/mol. The number of rotatable bonds is 5. The molecule has 2 N–H and O–H groups in total. The van der Waals surface area contributed by atoms with E-state index < -0.39 is 17.7 Å². The summed E-state index contributed by atoms with van der Waals surface area (Å²) in [5, 5.41) is 7.98. The molecule has 0 spiro atoms. The number of ether oxygens (including phenoxy) is 2. The third-order valence-electron chi connectivity index (χ3n) is 3.73. The lowest BCUT2D eigenvalue weighted by molar-refractivity contribution is -0.222. The molecule has 0 radical (unpaired) electrons. The number of amides is 1. The van der Waals surface area contributed by atoms with E-state index in [0.29, 0.717) is 22.9 Å². The van der Waals surface area contributed by atoms with Crippen molar-refractivity contribution < 1.29 is 23.9 Å². The van der Waals surface area contributed by atoms with Crippen LogP contribution < -0.4 is 10.6 Å². The van der Waals surface area contributed by atoms with Gasteiger partial charge in [-0.25, -0.2) is 14.6 Å². The number of cyclic esters (lactones) is 2. The molecule has 2 aromatic rings. The van der Waals surface area contributed by atoms with Crippen molar-refractivity contribution in [3.8, 4) is 11.3 Å². The Morgan fingerprint density at radius 2 is 1.96 bits per heavy atom. The van der Waals surface area contributed by atoms with E-state index in [1.807, 2.05) is 11.4 Å². The van der Waals surface area contributed by atoms with Gasteiger partial charge in [-0.05, 0) is 12.1 Å². The zero-order chi connectivity index (χ0) is 20.3. The van der Waals surface area contributed by atoms with Gasteiger partial charge in [-0.15, -0.1) is 11.3 Å². The monoisotopic (exact) mass is 401 g/mol. The summed E-state index contributed by atoms with van der Waals surface area (Å²) in [6.07, 6.45) is 1.64. The highest BCUT2D eigenvalue weighted by molar-refractivity contribution is 7.14. The number of aromatic nitrogens is 1. The Bertz CT molecular complexity index is 942. The fourth-order valence-corrected chi connectivity index (χ4v) is 3.11. The van der Waals surface area contributed by atoms with Crippen molar-refractivity contribution in [1.82, 2.24) is 4.98 Å². The number of thiazole rings is 1. The maximum atomic E-state index is 12.0. The molecule has 9 heteroatoms. The van der Waals surface area contributed by atoms with Crippen LogP contribution in [-0.2, 0) is 23.9 Å². The van der Waals surface area contributed by atoms with E-state index in [0.717, 1.165) is 5.56 Å². The van der Waals surface area contributed by atoms with Gasteiger partial charge in [0.25, 0.3) is 5.79 Å². The molecule has 0 bridgehead atoms. The first-order valence-electron chi connectivity index (χ1n) is 8.56. The van der Waals surface area contributed by atoms with E-state index >= 15 is 0 Å². The molecule has 1 fully saturated rings. The molecule has 0 saturated carbocycles. The number of nitrogens with one attached hydrogen (secondary N) is 2. The lowest BCUT2D eigenvalue weighted by Gasteiger charge is -2.29. The lowest BCUT2D eigenvalue weighted by Crippen LogP contribution is -2.42. The molecule has 1 aliphatic rings. The lowest BCUT2D eigenvalue weighted by atomic mass is 10.1. The van der Waals surface area contributed by atoms with Gasteiger partial charge in [0.15, 0.2) is 10.7 Å². The second-order valence-electron chi connectivity index (χ2n) is 6.40. The first-order valence-corrected chi connectivity index (χ1v) is 9.44. The largest absolute Gasteiger partial charge is 0.419 e. The van der Waals surface area contributed by atoms with Gasteiger partial charge in [-0.3, -0.25) is 4.79 Å². The predicted octanol–water partition coefficient (Wildman–Crippen LogP) is 3.29.